The van der Waals surface area contributed by atoms with Gasteiger partial charge in [-0.25, -0.2) is 0 Å². The zero-order valence-corrected chi connectivity index (χ0v) is 15.7. The van der Waals surface area contributed by atoms with Crippen molar-refractivity contribution in [2.24, 2.45) is 0 Å². The number of halogens is 1. The van der Waals surface area contributed by atoms with Crippen LogP contribution in [0.25, 0.3) is 0 Å². The average molecular weight is 392 g/mol. The molecule has 1 rings (SSSR count). The first kappa shape index (κ1) is 18.0. The number of rotatable bonds is 6. The molecule has 0 radical (unpaired) electrons. The van der Waals surface area contributed by atoms with Gasteiger partial charge in [-0.3, -0.25) is 0 Å². The van der Waals surface area contributed by atoms with Crippen molar-refractivity contribution in [3.8, 4) is 0 Å². The van der Waals surface area contributed by atoms with Crippen LogP contribution in [0.4, 0.5) is 0 Å². The van der Waals surface area contributed by atoms with E-state index in [9.17, 15) is 0 Å². The Labute approximate surface area is 143 Å². The molecule has 0 aliphatic rings. The molecular formula is C20H25I. The Hall–Kier alpha value is -1.09. The second kappa shape index (κ2) is 7.79. The van der Waals surface area contributed by atoms with E-state index in [2.05, 4.69) is 99.0 Å². The van der Waals surface area contributed by atoms with E-state index in [4.69, 9.17) is 0 Å². The highest BCUT2D eigenvalue weighted by atomic mass is 127. The van der Waals surface area contributed by atoms with Gasteiger partial charge in [0.2, 0.25) is 0 Å². The molecule has 0 saturated carbocycles. The fourth-order valence-corrected chi connectivity index (χ4v) is 2.90. The molecule has 0 saturated heterocycles. The van der Waals surface area contributed by atoms with Gasteiger partial charge in [0.05, 0.1) is 0 Å². The molecule has 1 aromatic rings. The van der Waals surface area contributed by atoms with Crippen LogP contribution >= 0.6 is 22.6 Å². The van der Waals surface area contributed by atoms with Crippen molar-refractivity contribution in [1.82, 2.24) is 0 Å². The minimum absolute atomic E-state index is 0.0865. The van der Waals surface area contributed by atoms with Crippen molar-refractivity contribution in [1.29, 1.82) is 0 Å². The van der Waals surface area contributed by atoms with Crippen molar-refractivity contribution in [2.45, 2.75) is 37.5 Å². The first-order valence-electron chi connectivity index (χ1n) is 7.18. The van der Waals surface area contributed by atoms with Crippen LogP contribution in [0.5, 0.6) is 0 Å². The lowest BCUT2D eigenvalue weighted by molar-refractivity contribution is 0.742. The molecule has 0 bridgehead atoms. The van der Waals surface area contributed by atoms with Crippen molar-refractivity contribution < 1.29 is 0 Å². The van der Waals surface area contributed by atoms with E-state index in [-0.39, 0.29) is 3.42 Å². The van der Waals surface area contributed by atoms with E-state index >= 15 is 0 Å². The molecular weight excluding hydrogens is 367 g/mol. The zero-order chi connectivity index (χ0) is 16.0. The summed E-state index contributed by atoms with van der Waals surface area (Å²) in [7, 11) is 0. The number of hydrogen-bond acceptors (Lipinski definition) is 0. The Bertz CT molecular complexity index is 571. The Morgan fingerprint density at radius 1 is 1.14 bits per heavy atom. The first-order chi connectivity index (χ1) is 9.74. The minimum Gasteiger partial charge on any atom is -0.0961 e. The molecule has 0 fully saturated rings. The van der Waals surface area contributed by atoms with Gasteiger partial charge in [0.1, 0.15) is 0 Å². The maximum absolute atomic E-state index is 4.12. The molecule has 0 heterocycles. The van der Waals surface area contributed by atoms with E-state index in [1.807, 2.05) is 6.92 Å². The van der Waals surface area contributed by atoms with Crippen LogP contribution in [0.15, 0.2) is 77.9 Å². The van der Waals surface area contributed by atoms with Gasteiger partial charge < -0.3 is 0 Å². The third-order valence-corrected chi connectivity index (χ3v) is 4.48. The lowest BCUT2D eigenvalue weighted by Gasteiger charge is -2.22. The van der Waals surface area contributed by atoms with Crippen molar-refractivity contribution >= 4 is 22.6 Å². The zero-order valence-electron chi connectivity index (χ0n) is 13.5. The predicted octanol–water partition coefficient (Wildman–Crippen LogP) is 6.75. The smallest absolute Gasteiger partial charge is 0.0476 e. The molecule has 0 aliphatic heterocycles. The molecule has 1 aromatic carbocycles. The van der Waals surface area contributed by atoms with Gasteiger partial charge in [-0.1, -0.05) is 89.4 Å². The summed E-state index contributed by atoms with van der Waals surface area (Å²) in [6.45, 7) is 16.6. The number of benzene rings is 1. The summed E-state index contributed by atoms with van der Waals surface area (Å²) in [5.41, 5.74) is 5.99. The van der Waals surface area contributed by atoms with Crippen LogP contribution in [-0.4, -0.2) is 0 Å². The van der Waals surface area contributed by atoms with E-state index in [1.54, 1.807) is 0 Å². The molecule has 0 aromatic heterocycles. The second-order valence-corrected chi connectivity index (χ2v) is 8.22. The summed E-state index contributed by atoms with van der Waals surface area (Å²) in [6.07, 6.45) is 5.39. The Kier molecular flexibility index (Phi) is 6.66. The van der Waals surface area contributed by atoms with Gasteiger partial charge in [0, 0.05) is 3.42 Å². The van der Waals surface area contributed by atoms with Gasteiger partial charge in [-0.2, -0.15) is 0 Å². The highest BCUT2D eigenvalue weighted by Gasteiger charge is 2.21. The minimum atomic E-state index is 0.0865. The first-order valence-corrected chi connectivity index (χ1v) is 8.26. The SMILES string of the molecule is C=C(C)/C=C(C)\C(=C\C[C@](C)(I)c1ccccc1)C(=C)C. The summed E-state index contributed by atoms with van der Waals surface area (Å²) < 4.78 is 0.0865. The maximum Gasteiger partial charge on any atom is 0.0476 e. The van der Waals surface area contributed by atoms with Gasteiger partial charge in [-0.15, -0.1) is 0 Å². The summed E-state index contributed by atoms with van der Waals surface area (Å²) in [4.78, 5) is 0. The quantitative estimate of drug-likeness (QED) is 0.285. The third kappa shape index (κ3) is 5.66. The molecule has 1 atom stereocenters. The van der Waals surface area contributed by atoms with Crippen LogP contribution in [0.2, 0.25) is 0 Å². The molecule has 112 valence electrons. The lowest BCUT2D eigenvalue weighted by Crippen LogP contribution is -2.11. The van der Waals surface area contributed by atoms with Crippen molar-refractivity contribution in [2.75, 3.05) is 0 Å². The van der Waals surface area contributed by atoms with E-state index in [1.165, 1.54) is 16.7 Å². The van der Waals surface area contributed by atoms with Crippen LogP contribution in [0, 0.1) is 0 Å². The largest absolute Gasteiger partial charge is 0.0961 e. The Morgan fingerprint density at radius 3 is 2.19 bits per heavy atom. The highest BCUT2D eigenvalue weighted by molar-refractivity contribution is 14.1. The summed E-state index contributed by atoms with van der Waals surface area (Å²) in [6, 6.07) is 10.6. The summed E-state index contributed by atoms with van der Waals surface area (Å²) in [5, 5.41) is 0. The molecule has 0 unspecified atom stereocenters. The lowest BCUT2D eigenvalue weighted by atomic mass is 9.93. The molecule has 1 heteroatoms. The standard InChI is InChI=1S/C20H25I/c1-15(2)14-17(5)19(16(3)4)12-13-20(6,21)18-10-8-7-9-11-18/h7-12,14H,1,3,13H2,2,4-6H3/b17-14-,19-12+/t20-/m0/s1. The normalized spacial score (nSPS) is 15.5. The average Bonchev–Trinajstić information content (AvgIpc) is 2.38. The van der Waals surface area contributed by atoms with Gasteiger partial charge in [-0.05, 0) is 50.8 Å². The fraction of sp³-hybridized carbons (Fsp3) is 0.300. The molecule has 0 amide bonds. The Morgan fingerprint density at radius 2 is 1.71 bits per heavy atom. The maximum atomic E-state index is 4.12. The number of hydrogen-bond donors (Lipinski definition) is 0. The third-order valence-electron chi connectivity index (χ3n) is 3.41. The molecule has 0 nitrogen and oxygen atoms in total. The molecule has 21 heavy (non-hydrogen) atoms. The van der Waals surface area contributed by atoms with Crippen LogP contribution in [-0.2, 0) is 3.42 Å². The monoisotopic (exact) mass is 392 g/mol. The molecule has 0 N–H and O–H groups in total. The highest BCUT2D eigenvalue weighted by Crippen LogP contribution is 2.36. The molecule has 0 aliphatic carbocycles. The summed E-state index contributed by atoms with van der Waals surface area (Å²) >= 11 is 2.54. The Balaban J connectivity index is 3.04. The number of allylic oxidation sites excluding steroid dienone is 6. The van der Waals surface area contributed by atoms with Crippen molar-refractivity contribution in [3.63, 3.8) is 0 Å². The van der Waals surface area contributed by atoms with Crippen molar-refractivity contribution in [3.05, 3.63) is 83.5 Å². The van der Waals surface area contributed by atoms with Crippen LogP contribution < -0.4 is 0 Å². The molecule has 0 spiro atoms. The van der Waals surface area contributed by atoms with Crippen LogP contribution in [0.1, 0.15) is 39.7 Å². The number of alkyl halides is 1. The van der Waals surface area contributed by atoms with Gasteiger partial charge >= 0.3 is 0 Å². The predicted molar refractivity (Wildman–Crippen MR) is 104 cm³/mol. The second-order valence-electron chi connectivity index (χ2n) is 5.84. The van der Waals surface area contributed by atoms with Crippen LogP contribution in [0.3, 0.4) is 0 Å². The van der Waals surface area contributed by atoms with E-state index in [0.717, 1.165) is 17.6 Å². The van der Waals surface area contributed by atoms with E-state index < -0.39 is 0 Å². The van der Waals surface area contributed by atoms with Gasteiger partial charge in [0.25, 0.3) is 0 Å². The summed E-state index contributed by atoms with van der Waals surface area (Å²) in [5.74, 6) is 0. The fourth-order valence-electron chi connectivity index (χ4n) is 2.32. The topological polar surface area (TPSA) is 0 Å². The van der Waals surface area contributed by atoms with E-state index in [0.29, 0.717) is 0 Å². The van der Waals surface area contributed by atoms with Gasteiger partial charge in [0.15, 0.2) is 0 Å².